The molecular weight excluding hydrogens is 461 g/mol. The number of nitrogens with zero attached hydrogens (tertiary/aromatic N) is 1. The summed E-state index contributed by atoms with van der Waals surface area (Å²) in [6, 6.07) is 22.3. The van der Waals surface area contributed by atoms with Crippen molar-refractivity contribution >= 4 is 46.6 Å². The number of hydrogen-bond donors (Lipinski definition) is 2. The third-order valence-electron chi connectivity index (χ3n) is 4.96. The SMILES string of the molecule is CN(CC(=O)Nc1c(Cl)cccc1Cl)C(=O)CC(NC(=O)c1ccccc1)c1ccccc1. The summed E-state index contributed by atoms with van der Waals surface area (Å²) in [5, 5.41) is 6.16. The van der Waals surface area contributed by atoms with Crippen molar-refractivity contribution in [2.45, 2.75) is 12.5 Å². The summed E-state index contributed by atoms with van der Waals surface area (Å²) >= 11 is 12.2. The second-order valence-electron chi connectivity index (χ2n) is 7.40. The summed E-state index contributed by atoms with van der Waals surface area (Å²) in [5.74, 6) is -1.03. The molecule has 3 rings (SSSR count). The van der Waals surface area contributed by atoms with E-state index in [4.69, 9.17) is 23.2 Å². The monoisotopic (exact) mass is 483 g/mol. The molecule has 8 heteroatoms. The van der Waals surface area contributed by atoms with Gasteiger partial charge in [0, 0.05) is 12.6 Å². The largest absolute Gasteiger partial charge is 0.345 e. The molecule has 1 atom stereocenters. The lowest BCUT2D eigenvalue weighted by molar-refractivity contribution is -0.133. The van der Waals surface area contributed by atoms with Crippen LogP contribution in [0.15, 0.2) is 78.9 Å². The fourth-order valence-corrected chi connectivity index (χ4v) is 3.69. The maximum atomic E-state index is 12.9. The molecule has 0 saturated carbocycles. The van der Waals surface area contributed by atoms with Crippen molar-refractivity contribution in [3.8, 4) is 0 Å². The van der Waals surface area contributed by atoms with Crippen LogP contribution in [0.4, 0.5) is 5.69 Å². The highest BCUT2D eigenvalue weighted by Crippen LogP contribution is 2.29. The number of rotatable bonds is 8. The lowest BCUT2D eigenvalue weighted by Gasteiger charge is -2.23. The number of anilines is 1. The highest BCUT2D eigenvalue weighted by molar-refractivity contribution is 6.39. The zero-order valence-electron chi connectivity index (χ0n) is 17.9. The van der Waals surface area contributed by atoms with Gasteiger partial charge in [-0.1, -0.05) is 77.8 Å². The molecule has 3 aromatic carbocycles. The van der Waals surface area contributed by atoms with Crippen LogP contribution in [0.25, 0.3) is 0 Å². The molecule has 3 aromatic rings. The van der Waals surface area contributed by atoms with Crippen LogP contribution < -0.4 is 10.6 Å². The predicted molar refractivity (Wildman–Crippen MR) is 130 cm³/mol. The summed E-state index contributed by atoms with van der Waals surface area (Å²) < 4.78 is 0. The lowest BCUT2D eigenvalue weighted by atomic mass is 10.0. The van der Waals surface area contributed by atoms with E-state index in [2.05, 4.69) is 10.6 Å². The van der Waals surface area contributed by atoms with Crippen LogP contribution in [0.5, 0.6) is 0 Å². The van der Waals surface area contributed by atoms with Crippen LogP contribution in [0, 0.1) is 0 Å². The van der Waals surface area contributed by atoms with Gasteiger partial charge in [-0.15, -0.1) is 0 Å². The van der Waals surface area contributed by atoms with Gasteiger partial charge < -0.3 is 15.5 Å². The van der Waals surface area contributed by atoms with Gasteiger partial charge in [0.05, 0.1) is 34.7 Å². The van der Waals surface area contributed by atoms with Gasteiger partial charge >= 0.3 is 0 Å². The number of amides is 3. The number of benzene rings is 3. The Labute approximate surface area is 202 Å². The maximum Gasteiger partial charge on any atom is 0.251 e. The second-order valence-corrected chi connectivity index (χ2v) is 8.22. The van der Waals surface area contributed by atoms with E-state index >= 15 is 0 Å². The Kier molecular flexibility index (Phi) is 8.46. The molecule has 0 aliphatic rings. The van der Waals surface area contributed by atoms with E-state index in [0.717, 1.165) is 5.56 Å². The Hall–Kier alpha value is -3.35. The van der Waals surface area contributed by atoms with Gasteiger partial charge in [0.25, 0.3) is 5.91 Å². The van der Waals surface area contributed by atoms with E-state index in [1.165, 1.54) is 11.9 Å². The minimum Gasteiger partial charge on any atom is -0.345 e. The molecule has 0 aromatic heterocycles. The number of halogens is 2. The van der Waals surface area contributed by atoms with Crippen molar-refractivity contribution < 1.29 is 14.4 Å². The van der Waals surface area contributed by atoms with Gasteiger partial charge in [0.2, 0.25) is 11.8 Å². The Balaban J connectivity index is 1.67. The zero-order valence-corrected chi connectivity index (χ0v) is 19.4. The molecular formula is C25H23Cl2N3O3. The quantitative estimate of drug-likeness (QED) is 0.475. The van der Waals surface area contributed by atoms with Gasteiger partial charge in [0.1, 0.15) is 0 Å². The minimum atomic E-state index is -0.560. The van der Waals surface area contributed by atoms with E-state index in [9.17, 15) is 14.4 Å². The number of para-hydroxylation sites is 1. The summed E-state index contributed by atoms with van der Waals surface area (Å²) in [6.45, 7) is -0.200. The third-order valence-corrected chi connectivity index (χ3v) is 5.59. The second kappa shape index (κ2) is 11.5. The highest BCUT2D eigenvalue weighted by atomic mass is 35.5. The fourth-order valence-electron chi connectivity index (χ4n) is 3.20. The van der Waals surface area contributed by atoms with E-state index in [1.807, 2.05) is 36.4 Å². The van der Waals surface area contributed by atoms with Crippen molar-refractivity contribution in [1.82, 2.24) is 10.2 Å². The Morgan fingerprint density at radius 2 is 1.42 bits per heavy atom. The first-order valence-electron chi connectivity index (χ1n) is 10.2. The van der Waals surface area contributed by atoms with Gasteiger partial charge in [0.15, 0.2) is 0 Å². The summed E-state index contributed by atoms with van der Waals surface area (Å²) in [4.78, 5) is 39.4. The van der Waals surface area contributed by atoms with E-state index in [-0.39, 0.29) is 24.8 Å². The molecule has 0 heterocycles. The average molecular weight is 484 g/mol. The Morgan fingerprint density at radius 1 is 0.848 bits per heavy atom. The molecule has 2 N–H and O–H groups in total. The van der Waals surface area contributed by atoms with Crippen molar-refractivity contribution in [3.05, 3.63) is 100 Å². The number of carbonyl (C=O) groups is 3. The van der Waals surface area contributed by atoms with Crippen molar-refractivity contribution in [1.29, 1.82) is 0 Å². The lowest BCUT2D eigenvalue weighted by Crippen LogP contribution is -2.38. The standard InChI is InChI=1S/C25H23Cl2N3O3/c1-30(16-22(31)29-24-19(26)13-8-14-20(24)27)23(32)15-21(17-9-4-2-5-10-17)28-25(33)18-11-6-3-7-12-18/h2-14,21H,15-16H2,1H3,(H,28,33)(H,29,31). The summed E-state index contributed by atoms with van der Waals surface area (Å²) in [6.07, 6.45) is -0.0147. The smallest absolute Gasteiger partial charge is 0.251 e. The van der Waals surface area contributed by atoms with Gasteiger partial charge in [-0.05, 0) is 29.8 Å². The fraction of sp³-hybridized carbons (Fsp3) is 0.160. The first kappa shape index (κ1) is 24.3. The van der Waals surface area contributed by atoms with Crippen molar-refractivity contribution in [2.75, 3.05) is 18.9 Å². The molecule has 0 saturated heterocycles. The van der Waals surface area contributed by atoms with E-state index in [0.29, 0.717) is 21.3 Å². The molecule has 0 aliphatic heterocycles. The number of likely N-dealkylation sites (N-methyl/N-ethyl adjacent to an activating group) is 1. The van der Waals surface area contributed by atoms with Crippen LogP contribution in [0.3, 0.4) is 0 Å². The average Bonchev–Trinajstić information content (AvgIpc) is 2.82. The summed E-state index contributed by atoms with van der Waals surface area (Å²) in [5.41, 5.74) is 1.58. The maximum absolute atomic E-state index is 12.9. The summed E-state index contributed by atoms with van der Waals surface area (Å²) in [7, 11) is 1.52. The first-order chi connectivity index (χ1) is 15.8. The van der Waals surface area contributed by atoms with Crippen molar-refractivity contribution in [2.24, 2.45) is 0 Å². The molecule has 33 heavy (non-hydrogen) atoms. The third kappa shape index (κ3) is 6.81. The van der Waals surface area contributed by atoms with E-state index < -0.39 is 11.9 Å². The molecule has 0 bridgehead atoms. The van der Waals surface area contributed by atoms with Gasteiger partial charge in [-0.25, -0.2) is 0 Å². The predicted octanol–water partition coefficient (Wildman–Crippen LogP) is 4.95. The van der Waals surface area contributed by atoms with Crippen molar-refractivity contribution in [3.63, 3.8) is 0 Å². The zero-order chi connectivity index (χ0) is 23.8. The molecule has 0 fully saturated rings. The highest BCUT2D eigenvalue weighted by Gasteiger charge is 2.22. The molecule has 170 valence electrons. The van der Waals surface area contributed by atoms with Gasteiger partial charge in [-0.3, -0.25) is 14.4 Å². The molecule has 0 aliphatic carbocycles. The van der Waals surface area contributed by atoms with Gasteiger partial charge in [-0.2, -0.15) is 0 Å². The minimum absolute atomic E-state index is 0.0147. The number of hydrogen-bond acceptors (Lipinski definition) is 3. The van der Waals surface area contributed by atoms with Crippen LogP contribution in [-0.2, 0) is 9.59 Å². The van der Waals surface area contributed by atoms with Crippen LogP contribution >= 0.6 is 23.2 Å². The molecule has 0 radical (unpaired) electrons. The molecule has 1 unspecified atom stereocenters. The number of nitrogens with one attached hydrogen (secondary N) is 2. The topological polar surface area (TPSA) is 78.5 Å². The molecule has 3 amide bonds. The number of carbonyl (C=O) groups excluding carboxylic acids is 3. The molecule has 0 spiro atoms. The normalized spacial score (nSPS) is 11.4. The van der Waals surface area contributed by atoms with Crippen LogP contribution in [-0.4, -0.2) is 36.2 Å². The Bertz CT molecular complexity index is 1100. The Morgan fingerprint density at radius 3 is 2.03 bits per heavy atom. The van der Waals surface area contributed by atoms with Crippen LogP contribution in [0.2, 0.25) is 10.0 Å². The van der Waals surface area contributed by atoms with Crippen LogP contribution in [0.1, 0.15) is 28.4 Å². The van der Waals surface area contributed by atoms with E-state index in [1.54, 1.807) is 42.5 Å². The molecule has 6 nitrogen and oxygen atoms in total. The first-order valence-corrected chi connectivity index (χ1v) is 11.0.